The number of hydrogen-bond acceptors (Lipinski definition) is 9. The Kier molecular flexibility index (Phi) is 7.21. The fraction of sp³-hybridized carbons (Fsp3) is 0.462. The zero-order chi connectivity index (χ0) is 27.6. The number of anilines is 1. The molecule has 1 aromatic carbocycles. The maximum absolute atomic E-state index is 13.1. The van der Waals surface area contributed by atoms with Gasteiger partial charge in [-0.1, -0.05) is 0 Å². The van der Waals surface area contributed by atoms with Gasteiger partial charge in [0.25, 0.3) is 0 Å². The van der Waals surface area contributed by atoms with Gasteiger partial charge in [0.05, 0.1) is 22.7 Å². The highest BCUT2D eigenvalue weighted by Gasteiger charge is 2.24. The highest BCUT2D eigenvalue weighted by Crippen LogP contribution is 2.27. The fourth-order valence-corrected chi connectivity index (χ4v) is 4.54. The molecule has 1 saturated heterocycles. The molecule has 0 unspecified atom stereocenters. The van der Waals surface area contributed by atoms with E-state index in [1.807, 2.05) is 20.8 Å². The van der Waals surface area contributed by atoms with Crippen LogP contribution in [-0.4, -0.2) is 67.1 Å². The minimum absolute atomic E-state index is 0.0571. The number of ether oxygens (including phenoxy) is 2. The number of nitrogens with one attached hydrogen (secondary N) is 3. The molecule has 0 atom stereocenters. The van der Waals surface area contributed by atoms with Crippen molar-refractivity contribution in [3.05, 3.63) is 40.6 Å². The third-order valence-electron chi connectivity index (χ3n) is 6.32. The highest BCUT2D eigenvalue weighted by molar-refractivity contribution is 5.85. The van der Waals surface area contributed by atoms with E-state index >= 15 is 0 Å². The van der Waals surface area contributed by atoms with Gasteiger partial charge in [-0.15, -0.1) is 0 Å². The molecule has 5 rings (SSSR count). The van der Waals surface area contributed by atoms with E-state index < -0.39 is 11.7 Å². The van der Waals surface area contributed by atoms with Gasteiger partial charge in [0.1, 0.15) is 17.4 Å². The molecular formula is C26H31N9O4. The molecule has 4 aromatic rings. The topological polar surface area (TPSA) is 165 Å². The lowest BCUT2D eigenvalue weighted by Crippen LogP contribution is -2.33. The summed E-state index contributed by atoms with van der Waals surface area (Å²) in [7, 11) is 0. The lowest BCUT2D eigenvalue weighted by atomic mass is 10.1. The van der Waals surface area contributed by atoms with Crippen molar-refractivity contribution < 1.29 is 14.3 Å². The van der Waals surface area contributed by atoms with Crippen LogP contribution >= 0.6 is 0 Å². The highest BCUT2D eigenvalue weighted by atomic mass is 16.6. The second-order valence-electron chi connectivity index (χ2n) is 10.4. The summed E-state index contributed by atoms with van der Waals surface area (Å²) < 4.78 is 14.2. The van der Waals surface area contributed by atoms with Crippen LogP contribution in [0.2, 0.25) is 0 Å². The van der Waals surface area contributed by atoms with E-state index in [4.69, 9.17) is 19.4 Å². The van der Waals surface area contributed by atoms with E-state index in [0.717, 1.165) is 0 Å². The monoisotopic (exact) mass is 533 g/mol. The summed E-state index contributed by atoms with van der Waals surface area (Å²) in [4.78, 5) is 41.9. The first-order chi connectivity index (χ1) is 18.7. The Labute approximate surface area is 224 Å². The molecule has 4 heterocycles. The average Bonchev–Trinajstić information content (AvgIpc) is 3.47. The maximum Gasteiger partial charge on any atom is 0.407 e. The Morgan fingerprint density at radius 2 is 2.05 bits per heavy atom. The van der Waals surface area contributed by atoms with Crippen molar-refractivity contribution in [3.63, 3.8) is 0 Å². The first-order valence-corrected chi connectivity index (χ1v) is 12.9. The van der Waals surface area contributed by atoms with E-state index in [-0.39, 0.29) is 11.7 Å². The molecule has 39 heavy (non-hydrogen) atoms. The molecular weight excluding hydrogens is 502 g/mol. The number of imidazole rings is 2. The summed E-state index contributed by atoms with van der Waals surface area (Å²) in [5.41, 5.74) is 2.00. The predicted octanol–water partition coefficient (Wildman–Crippen LogP) is 3.01. The van der Waals surface area contributed by atoms with E-state index in [1.165, 1.54) is 0 Å². The second kappa shape index (κ2) is 10.7. The van der Waals surface area contributed by atoms with Gasteiger partial charge in [0, 0.05) is 32.3 Å². The number of fused-ring (bicyclic) bond motifs is 2. The van der Waals surface area contributed by atoms with Gasteiger partial charge < -0.3 is 25.1 Å². The van der Waals surface area contributed by atoms with E-state index in [0.29, 0.717) is 85.1 Å². The molecule has 1 aliphatic rings. The van der Waals surface area contributed by atoms with Crippen LogP contribution in [0.5, 0.6) is 0 Å². The summed E-state index contributed by atoms with van der Waals surface area (Å²) >= 11 is 0. The molecule has 3 aromatic heterocycles. The van der Waals surface area contributed by atoms with Crippen LogP contribution in [0.25, 0.3) is 28.1 Å². The van der Waals surface area contributed by atoms with Crippen molar-refractivity contribution in [2.24, 2.45) is 0 Å². The molecule has 0 saturated carbocycles. The summed E-state index contributed by atoms with van der Waals surface area (Å²) in [6.45, 7) is 7.43. The Hall–Kier alpha value is -4.44. The third kappa shape index (κ3) is 5.70. The number of nitrogens with zero attached hydrogens (tertiary/aromatic N) is 6. The van der Waals surface area contributed by atoms with Crippen LogP contribution in [0.3, 0.4) is 0 Å². The standard InChI is InChI=1S/C26H31N9O4/c1-26(2,3)39-25(37)29-10-4-9-28-21-20-22(35(24(36)31-20)17-7-11-38-12-8-17)33-23(32-21)34-15-30-18-6-5-16(14-27)13-19(18)34/h5-6,13,15,17H,4,7-12H2,1-3H3,(H,29,37)(H,31,36)(H,28,32,33). The molecule has 1 fully saturated rings. The number of amides is 1. The molecule has 1 amide bonds. The normalized spacial score (nSPS) is 14.4. The third-order valence-corrected chi connectivity index (χ3v) is 6.32. The largest absolute Gasteiger partial charge is 0.444 e. The van der Waals surface area contributed by atoms with Gasteiger partial charge in [-0.3, -0.25) is 9.13 Å². The number of alkyl carbamates (subject to hydrolysis) is 1. The van der Waals surface area contributed by atoms with E-state index in [2.05, 4.69) is 26.7 Å². The Morgan fingerprint density at radius 3 is 2.79 bits per heavy atom. The van der Waals surface area contributed by atoms with E-state index in [1.54, 1.807) is 33.7 Å². The summed E-state index contributed by atoms with van der Waals surface area (Å²) in [6, 6.07) is 7.30. The SMILES string of the molecule is CC(C)(C)OC(=O)NCCCNc1nc(-n2cnc3ccc(C#N)cc32)nc2c1[nH]c(=O)n2C1CCOCC1. The van der Waals surface area contributed by atoms with Gasteiger partial charge in [0.15, 0.2) is 11.5 Å². The molecule has 13 nitrogen and oxygen atoms in total. The molecule has 0 spiro atoms. The van der Waals surface area contributed by atoms with Crippen molar-refractivity contribution in [2.45, 2.75) is 51.7 Å². The maximum atomic E-state index is 13.1. The van der Waals surface area contributed by atoms with Crippen LogP contribution in [0.4, 0.5) is 10.6 Å². The van der Waals surface area contributed by atoms with Crippen LogP contribution in [-0.2, 0) is 9.47 Å². The van der Waals surface area contributed by atoms with Gasteiger partial charge >= 0.3 is 11.8 Å². The number of H-pyrrole nitrogens is 1. The Morgan fingerprint density at radius 1 is 1.26 bits per heavy atom. The number of aromatic amines is 1. The smallest absolute Gasteiger partial charge is 0.407 e. The molecule has 13 heteroatoms. The summed E-state index contributed by atoms with van der Waals surface area (Å²) in [6.07, 6.45) is 3.11. The minimum Gasteiger partial charge on any atom is -0.444 e. The number of rotatable bonds is 7. The Balaban J connectivity index is 1.47. The first-order valence-electron chi connectivity index (χ1n) is 12.9. The molecule has 0 aliphatic carbocycles. The van der Waals surface area contributed by atoms with Crippen LogP contribution in [0.1, 0.15) is 51.6 Å². The summed E-state index contributed by atoms with van der Waals surface area (Å²) in [5, 5.41) is 15.4. The molecule has 3 N–H and O–H groups in total. The van der Waals surface area contributed by atoms with Crippen molar-refractivity contribution in [3.8, 4) is 12.0 Å². The molecule has 1 aliphatic heterocycles. The van der Waals surface area contributed by atoms with Crippen LogP contribution in [0, 0.1) is 11.3 Å². The number of aromatic nitrogens is 6. The number of carbonyl (C=O) groups is 1. The van der Waals surface area contributed by atoms with Gasteiger partial charge in [0.2, 0.25) is 5.95 Å². The van der Waals surface area contributed by atoms with Gasteiger partial charge in [-0.2, -0.15) is 15.2 Å². The van der Waals surface area contributed by atoms with E-state index in [9.17, 15) is 14.9 Å². The van der Waals surface area contributed by atoms with Gasteiger partial charge in [-0.05, 0) is 58.2 Å². The molecule has 0 radical (unpaired) electrons. The second-order valence-corrected chi connectivity index (χ2v) is 10.4. The summed E-state index contributed by atoms with van der Waals surface area (Å²) in [5.74, 6) is 0.766. The fourth-order valence-electron chi connectivity index (χ4n) is 4.54. The molecule has 0 bridgehead atoms. The quantitative estimate of drug-likeness (QED) is 0.303. The predicted molar refractivity (Wildman–Crippen MR) is 144 cm³/mol. The van der Waals surface area contributed by atoms with Crippen molar-refractivity contribution in [1.82, 2.24) is 34.4 Å². The lowest BCUT2D eigenvalue weighted by molar-refractivity contribution is 0.0527. The average molecular weight is 534 g/mol. The van der Waals surface area contributed by atoms with Crippen molar-refractivity contribution in [1.29, 1.82) is 5.26 Å². The van der Waals surface area contributed by atoms with Crippen molar-refractivity contribution in [2.75, 3.05) is 31.6 Å². The van der Waals surface area contributed by atoms with Crippen molar-refractivity contribution >= 4 is 34.1 Å². The zero-order valence-corrected chi connectivity index (χ0v) is 22.2. The first kappa shape index (κ1) is 26.2. The van der Waals surface area contributed by atoms with Gasteiger partial charge in [-0.25, -0.2) is 14.6 Å². The molecule has 204 valence electrons. The zero-order valence-electron chi connectivity index (χ0n) is 22.2. The number of nitriles is 1. The Bertz CT molecular complexity index is 1600. The van der Waals surface area contributed by atoms with Crippen LogP contribution in [0.15, 0.2) is 29.3 Å². The number of benzene rings is 1. The number of carbonyl (C=O) groups excluding carboxylic acids is 1. The van der Waals surface area contributed by atoms with Crippen LogP contribution < -0.4 is 16.3 Å². The minimum atomic E-state index is -0.569. The number of hydrogen-bond donors (Lipinski definition) is 3. The lowest BCUT2D eigenvalue weighted by Gasteiger charge is -2.23.